The summed E-state index contributed by atoms with van der Waals surface area (Å²) < 4.78 is 13.1. The normalized spacial score (nSPS) is 15.4. The van der Waals surface area contributed by atoms with Gasteiger partial charge in [0.15, 0.2) is 0 Å². The number of amides is 1. The zero-order valence-electron chi connectivity index (χ0n) is 11.5. The second-order valence-corrected chi connectivity index (χ2v) is 5.92. The Hall–Kier alpha value is -1.62. The van der Waals surface area contributed by atoms with Crippen molar-refractivity contribution in [2.75, 3.05) is 6.67 Å². The smallest absolute Gasteiger partial charge is 0.408 e. The number of nitrogens with zero attached hydrogens (tertiary/aromatic N) is 2. The number of rotatable bonds is 2. The second-order valence-electron chi connectivity index (χ2n) is 5.92. The van der Waals surface area contributed by atoms with Gasteiger partial charge in [0.05, 0.1) is 6.67 Å². The standard InChI is InChI=1S/C14H19FN2O2/c1-14(2,3)17(13(18)19)9-16-7-10-4-5-12(15)6-11(10)8-16/h4-6H,7-9H2,1-3H3,(H,18,19). The first-order chi connectivity index (χ1) is 8.77. The lowest BCUT2D eigenvalue weighted by molar-refractivity contribution is 0.0530. The number of halogens is 1. The molecular weight excluding hydrogens is 247 g/mol. The summed E-state index contributed by atoms with van der Waals surface area (Å²) >= 11 is 0. The SMILES string of the molecule is CC(C)(C)N(CN1Cc2ccc(F)cc2C1)C(=O)O. The molecule has 0 unspecified atom stereocenters. The van der Waals surface area contributed by atoms with Crippen LogP contribution in [0.2, 0.25) is 0 Å². The molecule has 5 heteroatoms. The minimum Gasteiger partial charge on any atom is -0.465 e. The van der Waals surface area contributed by atoms with Crippen LogP contribution in [0.1, 0.15) is 31.9 Å². The monoisotopic (exact) mass is 266 g/mol. The summed E-state index contributed by atoms with van der Waals surface area (Å²) in [5.74, 6) is -0.244. The van der Waals surface area contributed by atoms with Crippen LogP contribution in [-0.2, 0) is 13.1 Å². The van der Waals surface area contributed by atoms with Gasteiger partial charge in [-0.2, -0.15) is 0 Å². The van der Waals surface area contributed by atoms with Gasteiger partial charge in [-0.1, -0.05) is 6.07 Å². The van der Waals surface area contributed by atoms with Crippen molar-refractivity contribution < 1.29 is 14.3 Å². The number of benzene rings is 1. The molecule has 0 saturated heterocycles. The van der Waals surface area contributed by atoms with E-state index in [-0.39, 0.29) is 5.82 Å². The third-order valence-corrected chi connectivity index (χ3v) is 3.34. The Bertz CT molecular complexity index is 497. The van der Waals surface area contributed by atoms with Crippen molar-refractivity contribution in [3.8, 4) is 0 Å². The minimum atomic E-state index is -0.936. The van der Waals surface area contributed by atoms with Crippen LogP contribution in [0.25, 0.3) is 0 Å². The van der Waals surface area contributed by atoms with E-state index < -0.39 is 11.6 Å². The van der Waals surface area contributed by atoms with Crippen LogP contribution < -0.4 is 0 Å². The molecule has 1 aromatic rings. The van der Waals surface area contributed by atoms with E-state index in [1.807, 2.05) is 25.7 Å². The van der Waals surface area contributed by atoms with Gasteiger partial charge in [0.1, 0.15) is 5.82 Å². The molecule has 1 N–H and O–H groups in total. The average molecular weight is 266 g/mol. The Morgan fingerprint density at radius 1 is 1.37 bits per heavy atom. The van der Waals surface area contributed by atoms with Gasteiger partial charge in [-0.3, -0.25) is 9.80 Å². The molecule has 1 aromatic carbocycles. The molecule has 0 spiro atoms. The van der Waals surface area contributed by atoms with Crippen LogP contribution in [0.3, 0.4) is 0 Å². The van der Waals surface area contributed by atoms with E-state index in [1.54, 1.807) is 6.07 Å². The van der Waals surface area contributed by atoms with Crippen LogP contribution in [0.15, 0.2) is 18.2 Å². The van der Waals surface area contributed by atoms with Crippen LogP contribution in [0.5, 0.6) is 0 Å². The largest absolute Gasteiger partial charge is 0.465 e. The number of carboxylic acid groups (broad SMARTS) is 1. The highest BCUT2D eigenvalue weighted by molar-refractivity contribution is 5.65. The summed E-state index contributed by atoms with van der Waals surface area (Å²) in [6.45, 7) is 7.18. The van der Waals surface area contributed by atoms with E-state index in [1.165, 1.54) is 17.0 Å². The van der Waals surface area contributed by atoms with Gasteiger partial charge >= 0.3 is 6.09 Å². The lowest BCUT2D eigenvalue weighted by atomic mass is 10.1. The van der Waals surface area contributed by atoms with Crippen molar-refractivity contribution in [3.05, 3.63) is 35.1 Å². The predicted molar refractivity (Wildman–Crippen MR) is 70.1 cm³/mol. The van der Waals surface area contributed by atoms with Gasteiger partial charge in [0.25, 0.3) is 0 Å². The van der Waals surface area contributed by atoms with Crippen LogP contribution in [0.4, 0.5) is 9.18 Å². The number of hydrogen-bond donors (Lipinski definition) is 1. The van der Waals surface area contributed by atoms with Gasteiger partial charge in [-0.15, -0.1) is 0 Å². The molecule has 0 atom stereocenters. The van der Waals surface area contributed by atoms with E-state index in [2.05, 4.69) is 0 Å². The molecule has 104 valence electrons. The number of carbonyl (C=O) groups is 1. The zero-order chi connectivity index (χ0) is 14.2. The highest BCUT2D eigenvalue weighted by Gasteiger charge is 2.30. The third-order valence-electron chi connectivity index (χ3n) is 3.34. The molecule has 2 rings (SSSR count). The summed E-state index contributed by atoms with van der Waals surface area (Å²) in [5, 5.41) is 9.27. The molecule has 1 aliphatic rings. The Morgan fingerprint density at radius 3 is 2.58 bits per heavy atom. The summed E-state index contributed by atoms with van der Waals surface area (Å²) in [7, 11) is 0. The highest BCUT2D eigenvalue weighted by atomic mass is 19.1. The van der Waals surface area contributed by atoms with Crippen LogP contribution in [0, 0.1) is 5.82 Å². The molecule has 1 aliphatic heterocycles. The van der Waals surface area contributed by atoms with E-state index in [4.69, 9.17) is 0 Å². The average Bonchev–Trinajstić information content (AvgIpc) is 2.65. The van der Waals surface area contributed by atoms with Crippen molar-refractivity contribution >= 4 is 6.09 Å². The Kier molecular flexibility index (Phi) is 3.49. The van der Waals surface area contributed by atoms with Crippen molar-refractivity contribution in [3.63, 3.8) is 0 Å². The minimum absolute atomic E-state index is 0.244. The molecular formula is C14H19FN2O2. The quantitative estimate of drug-likeness (QED) is 0.895. The second kappa shape index (κ2) is 4.81. The summed E-state index contributed by atoms with van der Waals surface area (Å²) in [5.41, 5.74) is 1.56. The van der Waals surface area contributed by atoms with Crippen molar-refractivity contribution in [1.29, 1.82) is 0 Å². The Balaban J connectivity index is 2.09. The molecule has 0 saturated carbocycles. The van der Waals surface area contributed by atoms with Gasteiger partial charge in [0.2, 0.25) is 0 Å². The van der Waals surface area contributed by atoms with Crippen LogP contribution >= 0.6 is 0 Å². The highest BCUT2D eigenvalue weighted by Crippen LogP contribution is 2.25. The molecule has 0 fully saturated rings. The molecule has 4 nitrogen and oxygen atoms in total. The first kappa shape index (κ1) is 13.8. The van der Waals surface area contributed by atoms with Gasteiger partial charge < -0.3 is 5.11 Å². The maximum atomic E-state index is 13.1. The fourth-order valence-corrected chi connectivity index (χ4v) is 2.29. The fraction of sp³-hybridized carbons (Fsp3) is 0.500. The maximum absolute atomic E-state index is 13.1. The third kappa shape index (κ3) is 3.04. The van der Waals surface area contributed by atoms with Crippen molar-refractivity contribution in [1.82, 2.24) is 9.80 Å². The molecule has 0 aromatic heterocycles. The van der Waals surface area contributed by atoms with Crippen molar-refractivity contribution in [2.45, 2.75) is 39.4 Å². The van der Waals surface area contributed by atoms with E-state index in [9.17, 15) is 14.3 Å². The maximum Gasteiger partial charge on any atom is 0.408 e. The molecule has 0 bridgehead atoms. The molecule has 1 amide bonds. The number of fused-ring (bicyclic) bond motifs is 1. The molecule has 0 aliphatic carbocycles. The molecule has 1 heterocycles. The van der Waals surface area contributed by atoms with Gasteiger partial charge in [0, 0.05) is 18.6 Å². The summed E-state index contributed by atoms with van der Waals surface area (Å²) in [6.07, 6.45) is -0.936. The Labute approximate surface area is 112 Å². The Morgan fingerprint density at radius 2 is 2.00 bits per heavy atom. The first-order valence-electron chi connectivity index (χ1n) is 6.27. The van der Waals surface area contributed by atoms with Crippen molar-refractivity contribution in [2.24, 2.45) is 0 Å². The van der Waals surface area contributed by atoms with Gasteiger partial charge in [-0.25, -0.2) is 9.18 Å². The lowest BCUT2D eigenvalue weighted by Gasteiger charge is -2.36. The van der Waals surface area contributed by atoms with Crippen LogP contribution in [-0.4, -0.2) is 33.2 Å². The van der Waals surface area contributed by atoms with E-state index in [0.29, 0.717) is 19.8 Å². The van der Waals surface area contributed by atoms with E-state index in [0.717, 1.165) is 11.1 Å². The molecule has 0 radical (unpaired) electrons. The van der Waals surface area contributed by atoms with E-state index >= 15 is 0 Å². The summed E-state index contributed by atoms with van der Waals surface area (Å²) in [6, 6.07) is 4.74. The summed E-state index contributed by atoms with van der Waals surface area (Å²) in [4.78, 5) is 14.7. The zero-order valence-corrected chi connectivity index (χ0v) is 11.5. The predicted octanol–water partition coefficient (Wildman–Crippen LogP) is 2.88. The van der Waals surface area contributed by atoms with Gasteiger partial charge in [-0.05, 0) is 44.0 Å². The first-order valence-corrected chi connectivity index (χ1v) is 6.27. The fourth-order valence-electron chi connectivity index (χ4n) is 2.29. The number of hydrogen-bond acceptors (Lipinski definition) is 2. The molecule has 19 heavy (non-hydrogen) atoms. The topological polar surface area (TPSA) is 43.8 Å². The lowest BCUT2D eigenvalue weighted by Crippen LogP contribution is -2.49.